The quantitative estimate of drug-likeness (QED) is 0.354. The lowest BCUT2D eigenvalue weighted by Crippen LogP contribution is -2.24. The Labute approximate surface area is 211 Å². The zero-order chi connectivity index (χ0) is 25.8. The van der Waals surface area contributed by atoms with Gasteiger partial charge < -0.3 is 10.1 Å². The van der Waals surface area contributed by atoms with Crippen LogP contribution in [0.5, 0.6) is 0 Å². The average Bonchev–Trinajstić information content (AvgIpc) is 3.64. The molecule has 1 aromatic carbocycles. The van der Waals surface area contributed by atoms with Crippen LogP contribution in [0.2, 0.25) is 0 Å². The second kappa shape index (κ2) is 8.72. The van der Waals surface area contributed by atoms with Gasteiger partial charge in [-0.3, -0.25) is 18.6 Å². The molecule has 0 radical (unpaired) electrons. The van der Waals surface area contributed by atoms with Gasteiger partial charge in [-0.2, -0.15) is 4.39 Å². The minimum atomic E-state index is -0.850. The number of fused-ring (bicyclic) bond motifs is 3. The van der Waals surface area contributed by atoms with E-state index in [0.29, 0.717) is 23.3 Å². The highest BCUT2D eigenvalue weighted by atomic mass is 19.1. The van der Waals surface area contributed by atoms with Crippen molar-refractivity contribution in [3.63, 3.8) is 0 Å². The summed E-state index contributed by atoms with van der Waals surface area (Å²) < 4.78 is 19.9. The van der Waals surface area contributed by atoms with Gasteiger partial charge in [0.15, 0.2) is 0 Å². The van der Waals surface area contributed by atoms with Crippen LogP contribution in [0, 0.1) is 5.95 Å². The van der Waals surface area contributed by atoms with Gasteiger partial charge in [-0.05, 0) is 30.4 Å². The van der Waals surface area contributed by atoms with Gasteiger partial charge in [0.05, 0.1) is 33.9 Å². The van der Waals surface area contributed by atoms with E-state index in [4.69, 9.17) is 5.11 Å². The molecule has 0 atom stereocenters. The van der Waals surface area contributed by atoms with E-state index in [-0.39, 0.29) is 18.2 Å². The second-order valence-electron chi connectivity index (χ2n) is 9.84. The number of aliphatic carboxylic acids is 1. The predicted molar refractivity (Wildman–Crippen MR) is 138 cm³/mol. The van der Waals surface area contributed by atoms with Crippen LogP contribution in [0.15, 0.2) is 41.5 Å². The van der Waals surface area contributed by atoms with E-state index < -0.39 is 11.9 Å². The maximum atomic E-state index is 15.0. The van der Waals surface area contributed by atoms with E-state index in [1.165, 1.54) is 4.68 Å². The molecule has 5 aromatic rings. The molecule has 0 bridgehead atoms. The Kier molecular flexibility index (Phi) is 5.47. The number of halogens is 1. The molecular weight excluding hydrogens is 475 g/mol. The molecule has 4 aromatic heterocycles. The van der Waals surface area contributed by atoms with Crippen LogP contribution in [0.3, 0.4) is 0 Å². The van der Waals surface area contributed by atoms with Crippen molar-refractivity contribution < 1.29 is 14.3 Å². The molecule has 37 heavy (non-hydrogen) atoms. The number of carboxylic acid groups (broad SMARTS) is 1. The molecule has 1 aliphatic rings. The van der Waals surface area contributed by atoms with Crippen LogP contribution >= 0.6 is 0 Å². The Morgan fingerprint density at radius 3 is 2.57 bits per heavy atom. The fourth-order valence-electron chi connectivity index (χ4n) is 5.69. The summed E-state index contributed by atoms with van der Waals surface area (Å²) in [7, 11) is 3.42. The van der Waals surface area contributed by atoms with Gasteiger partial charge >= 0.3 is 11.7 Å². The monoisotopic (exact) mass is 502 g/mol. The normalized spacial score (nSPS) is 14.4. The van der Waals surface area contributed by atoms with Crippen LogP contribution in [0.25, 0.3) is 44.5 Å². The van der Waals surface area contributed by atoms with Crippen molar-refractivity contribution in [1.82, 2.24) is 28.9 Å². The highest BCUT2D eigenvalue weighted by Gasteiger charge is 2.28. The summed E-state index contributed by atoms with van der Waals surface area (Å²) in [5, 5.41) is 13.7. The summed E-state index contributed by atoms with van der Waals surface area (Å²) in [5.74, 6) is -1.46. The van der Waals surface area contributed by atoms with E-state index in [1.54, 1.807) is 31.1 Å². The molecule has 1 fully saturated rings. The topological polar surface area (TPSA) is 111 Å². The lowest BCUT2D eigenvalue weighted by atomic mass is 9.97. The van der Waals surface area contributed by atoms with Crippen molar-refractivity contribution in [2.24, 2.45) is 14.1 Å². The van der Waals surface area contributed by atoms with E-state index >= 15 is 0 Å². The predicted octanol–water partition coefficient (Wildman–Crippen LogP) is 4.56. The number of aryl methyl sites for hydroxylation is 3. The number of aromatic amines is 1. The lowest BCUT2D eigenvalue weighted by molar-refractivity contribution is -0.136. The van der Waals surface area contributed by atoms with Crippen molar-refractivity contribution in [1.29, 1.82) is 0 Å². The highest BCUT2D eigenvalue weighted by molar-refractivity contribution is 6.14. The Morgan fingerprint density at radius 1 is 1.19 bits per heavy atom. The van der Waals surface area contributed by atoms with Crippen LogP contribution < -0.4 is 5.69 Å². The third-order valence-electron chi connectivity index (χ3n) is 7.48. The van der Waals surface area contributed by atoms with Crippen LogP contribution in [0.4, 0.5) is 4.39 Å². The first-order valence-electron chi connectivity index (χ1n) is 12.5. The molecule has 0 saturated heterocycles. The molecule has 6 rings (SSSR count). The van der Waals surface area contributed by atoms with E-state index in [9.17, 15) is 14.0 Å². The number of imidazole rings is 1. The number of hydrogen-bond donors (Lipinski definition) is 2. The summed E-state index contributed by atoms with van der Waals surface area (Å²) >= 11 is 0. The van der Waals surface area contributed by atoms with Crippen molar-refractivity contribution in [3.8, 4) is 22.4 Å². The minimum Gasteiger partial charge on any atom is -0.481 e. The Balaban J connectivity index is 1.67. The summed E-state index contributed by atoms with van der Waals surface area (Å²) in [6, 6.07) is 7.71. The van der Waals surface area contributed by atoms with Gasteiger partial charge in [0, 0.05) is 38.3 Å². The fraction of sp³-hybridized carbons (Fsp3) is 0.333. The summed E-state index contributed by atoms with van der Waals surface area (Å²) in [4.78, 5) is 32.4. The lowest BCUT2D eigenvalue weighted by Gasteiger charge is -2.13. The van der Waals surface area contributed by atoms with Gasteiger partial charge in [-0.15, -0.1) is 5.10 Å². The van der Waals surface area contributed by atoms with Crippen LogP contribution in [-0.4, -0.2) is 40.0 Å². The maximum absolute atomic E-state index is 15.0. The number of benzene rings is 1. The zero-order valence-corrected chi connectivity index (χ0v) is 20.7. The fourth-order valence-corrected chi connectivity index (χ4v) is 5.69. The SMILES string of the molecule is Cn1cc(-c2[nH]c3ncc4c(c3c2-c2ccc(CCC(=O)O)cc2)n(C2CCCC2)c(=O)n4C)c(F)n1. The molecule has 9 nitrogen and oxygen atoms in total. The molecule has 10 heteroatoms. The van der Waals surface area contributed by atoms with Crippen molar-refractivity contribution in [2.75, 3.05) is 0 Å². The number of rotatable bonds is 6. The molecule has 4 heterocycles. The Bertz CT molecular complexity index is 1720. The van der Waals surface area contributed by atoms with E-state index in [0.717, 1.165) is 58.8 Å². The molecule has 0 unspecified atom stereocenters. The second-order valence-corrected chi connectivity index (χ2v) is 9.84. The largest absolute Gasteiger partial charge is 0.481 e. The standard InChI is InChI=1S/C27H27FN6O3/c1-32-14-18(25(28)31-32)23-21(16-10-7-15(8-11-16)9-12-20(35)36)22-24-19(13-29-26(22)30-23)33(2)27(37)34(24)17-5-3-4-6-17/h7-8,10-11,13-14,17H,3-6,9,12H2,1-2H3,(H,29,30)(H,35,36). The third kappa shape index (κ3) is 3.75. The number of carboxylic acids is 1. The molecule has 0 aliphatic heterocycles. The molecule has 1 saturated carbocycles. The Morgan fingerprint density at radius 2 is 1.92 bits per heavy atom. The molecule has 0 amide bonds. The van der Waals surface area contributed by atoms with Gasteiger partial charge in [0.1, 0.15) is 5.65 Å². The molecule has 2 N–H and O–H groups in total. The van der Waals surface area contributed by atoms with Gasteiger partial charge in [-0.1, -0.05) is 37.1 Å². The van der Waals surface area contributed by atoms with Gasteiger partial charge in [0.25, 0.3) is 0 Å². The Hall–Kier alpha value is -4.21. The number of carbonyl (C=O) groups is 1. The first-order chi connectivity index (χ1) is 17.8. The first-order valence-corrected chi connectivity index (χ1v) is 12.5. The highest BCUT2D eigenvalue weighted by Crippen LogP contribution is 2.42. The molecular formula is C27H27FN6O3. The van der Waals surface area contributed by atoms with E-state index in [2.05, 4.69) is 15.1 Å². The van der Waals surface area contributed by atoms with Crippen LogP contribution in [-0.2, 0) is 25.3 Å². The summed E-state index contributed by atoms with van der Waals surface area (Å²) in [6.45, 7) is 0. The molecule has 0 spiro atoms. The number of pyridine rings is 1. The van der Waals surface area contributed by atoms with Crippen molar-refractivity contribution in [2.45, 2.75) is 44.6 Å². The average molecular weight is 503 g/mol. The van der Waals surface area contributed by atoms with Crippen LogP contribution in [0.1, 0.15) is 43.7 Å². The van der Waals surface area contributed by atoms with E-state index in [1.807, 2.05) is 28.8 Å². The number of aromatic nitrogens is 6. The summed E-state index contributed by atoms with van der Waals surface area (Å²) in [5.41, 5.74) is 5.29. The maximum Gasteiger partial charge on any atom is 0.329 e. The smallest absolute Gasteiger partial charge is 0.329 e. The first kappa shape index (κ1) is 23.2. The molecule has 1 aliphatic carbocycles. The minimum absolute atomic E-state index is 0.0425. The molecule has 190 valence electrons. The van der Waals surface area contributed by atoms with Crippen molar-refractivity contribution in [3.05, 3.63) is 58.7 Å². The number of nitrogens with one attached hydrogen (secondary N) is 1. The van der Waals surface area contributed by atoms with Gasteiger partial charge in [-0.25, -0.2) is 9.78 Å². The third-order valence-corrected chi connectivity index (χ3v) is 7.48. The zero-order valence-electron chi connectivity index (χ0n) is 20.7. The van der Waals surface area contributed by atoms with Gasteiger partial charge in [0.2, 0.25) is 5.95 Å². The van der Waals surface area contributed by atoms with Crippen molar-refractivity contribution >= 4 is 28.0 Å². The number of hydrogen-bond acceptors (Lipinski definition) is 4. The number of H-pyrrole nitrogens is 1. The summed E-state index contributed by atoms with van der Waals surface area (Å²) in [6.07, 6.45) is 7.80. The number of nitrogens with zero attached hydrogens (tertiary/aromatic N) is 5.